The number of alkyl halides is 3. The fourth-order valence-electron chi connectivity index (χ4n) is 4.38. The number of nitrogens with zero attached hydrogens (tertiary/aromatic N) is 1. The number of methoxy groups -OCH3 is 3. The number of hydrogen-bond acceptors (Lipinski definition) is 4. The minimum atomic E-state index is -4.65. The Bertz CT molecular complexity index is 1190. The predicted octanol–water partition coefficient (Wildman–Crippen LogP) is 5.52. The van der Waals surface area contributed by atoms with Gasteiger partial charge in [-0.1, -0.05) is 24.3 Å². The average molecular weight is 471 g/mol. The van der Waals surface area contributed by atoms with E-state index < -0.39 is 23.7 Å². The van der Waals surface area contributed by atoms with Gasteiger partial charge < -0.3 is 19.1 Å². The van der Waals surface area contributed by atoms with Gasteiger partial charge in [0.15, 0.2) is 11.5 Å². The van der Waals surface area contributed by atoms with Crippen LogP contribution >= 0.6 is 0 Å². The molecular formula is C26H24F3NO4. The maximum atomic E-state index is 13.7. The van der Waals surface area contributed by atoms with Crippen LogP contribution in [0.15, 0.2) is 60.7 Å². The molecule has 0 spiro atoms. The second-order valence-electron chi connectivity index (χ2n) is 7.87. The molecule has 178 valence electrons. The minimum Gasteiger partial charge on any atom is -0.497 e. The molecule has 1 aliphatic heterocycles. The van der Waals surface area contributed by atoms with Gasteiger partial charge in [0.25, 0.3) is 5.91 Å². The summed E-state index contributed by atoms with van der Waals surface area (Å²) in [5, 5.41) is 0. The van der Waals surface area contributed by atoms with Crippen molar-refractivity contribution in [2.24, 2.45) is 0 Å². The molecule has 0 radical (unpaired) electrons. The summed E-state index contributed by atoms with van der Waals surface area (Å²) in [7, 11) is 4.60. The molecule has 0 aromatic heterocycles. The number of carbonyl (C=O) groups is 1. The average Bonchev–Trinajstić information content (AvgIpc) is 2.86. The van der Waals surface area contributed by atoms with E-state index in [4.69, 9.17) is 14.2 Å². The lowest BCUT2D eigenvalue weighted by Crippen LogP contribution is -2.41. The van der Waals surface area contributed by atoms with E-state index in [9.17, 15) is 18.0 Å². The molecule has 0 N–H and O–H groups in total. The molecule has 4 rings (SSSR count). The van der Waals surface area contributed by atoms with Gasteiger partial charge in [-0.25, -0.2) is 0 Å². The van der Waals surface area contributed by atoms with Crippen LogP contribution in [0.5, 0.6) is 17.2 Å². The molecule has 0 saturated carbocycles. The third-order valence-corrected chi connectivity index (χ3v) is 6.03. The molecule has 0 aliphatic carbocycles. The second kappa shape index (κ2) is 9.29. The van der Waals surface area contributed by atoms with Crippen molar-refractivity contribution in [1.82, 2.24) is 4.90 Å². The number of ether oxygens (including phenoxy) is 3. The van der Waals surface area contributed by atoms with Crippen molar-refractivity contribution in [2.75, 3.05) is 27.9 Å². The number of hydrogen-bond donors (Lipinski definition) is 0. The summed E-state index contributed by atoms with van der Waals surface area (Å²) < 4.78 is 57.2. The molecule has 1 amide bonds. The summed E-state index contributed by atoms with van der Waals surface area (Å²) in [5.41, 5.74) is 1.12. The van der Waals surface area contributed by atoms with Gasteiger partial charge in [0.2, 0.25) is 0 Å². The smallest absolute Gasteiger partial charge is 0.417 e. The topological polar surface area (TPSA) is 48.0 Å². The monoisotopic (exact) mass is 471 g/mol. The van der Waals surface area contributed by atoms with Crippen LogP contribution in [0, 0.1) is 0 Å². The van der Waals surface area contributed by atoms with Gasteiger partial charge in [-0.15, -0.1) is 0 Å². The number of halogens is 3. The van der Waals surface area contributed by atoms with E-state index in [1.54, 1.807) is 25.3 Å². The van der Waals surface area contributed by atoms with E-state index in [0.29, 0.717) is 23.7 Å². The highest BCUT2D eigenvalue weighted by Crippen LogP contribution is 2.42. The summed E-state index contributed by atoms with van der Waals surface area (Å²) in [6.07, 6.45) is -4.19. The number of carbonyl (C=O) groups excluding carboxylic acids is 1. The maximum Gasteiger partial charge on any atom is 0.417 e. The van der Waals surface area contributed by atoms with Crippen LogP contribution < -0.4 is 14.2 Å². The zero-order valence-corrected chi connectivity index (χ0v) is 19.0. The van der Waals surface area contributed by atoms with Crippen LogP contribution in [0.2, 0.25) is 0 Å². The predicted molar refractivity (Wildman–Crippen MR) is 121 cm³/mol. The van der Waals surface area contributed by atoms with E-state index in [1.165, 1.54) is 37.3 Å². The minimum absolute atomic E-state index is 0.240. The van der Waals surface area contributed by atoms with Crippen LogP contribution in [0.3, 0.4) is 0 Å². The number of fused-ring (bicyclic) bond motifs is 1. The molecule has 3 aromatic carbocycles. The molecule has 8 heteroatoms. The molecule has 1 atom stereocenters. The standard InChI is InChI=1S/C26H24F3NO4/c1-32-18-10-8-16(9-11-18)24-20-15-23(34-3)22(33-2)14-17(20)12-13-30(24)25(31)19-6-4-5-7-21(19)26(27,28)29/h4-11,14-15,24H,12-13H2,1-3H3. The Morgan fingerprint density at radius 3 is 2.18 bits per heavy atom. The first-order valence-corrected chi connectivity index (χ1v) is 10.6. The van der Waals surface area contributed by atoms with Gasteiger partial charge in [0.05, 0.1) is 38.5 Å². The Morgan fingerprint density at radius 2 is 1.56 bits per heavy atom. The maximum absolute atomic E-state index is 13.7. The fraction of sp³-hybridized carbons (Fsp3) is 0.269. The highest BCUT2D eigenvalue weighted by atomic mass is 19.4. The van der Waals surface area contributed by atoms with E-state index >= 15 is 0 Å². The van der Waals surface area contributed by atoms with Gasteiger partial charge >= 0.3 is 6.18 Å². The van der Waals surface area contributed by atoms with Crippen molar-refractivity contribution in [1.29, 1.82) is 0 Å². The van der Waals surface area contributed by atoms with Crippen LogP contribution in [-0.2, 0) is 12.6 Å². The summed E-state index contributed by atoms with van der Waals surface area (Å²) >= 11 is 0. The van der Waals surface area contributed by atoms with Crippen LogP contribution in [0.4, 0.5) is 13.2 Å². The van der Waals surface area contributed by atoms with E-state index in [-0.39, 0.29) is 12.1 Å². The van der Waals surface area contributed by atoms with Crippen molar-refractivity contribution in [3.05, 3.63) is 88.5 Å². The Balaban J connectivity index is 1.87. The molecule has 1 heterocycles. The molecule has 0 bridgehead atoms. The molecular weight excluding hydrogens is 447 g/mol. The largest absolute Gasteiger partial charge is 0.497 e. The summed E-state index contributed by atoms with van der Waals surface area (Å²) in [6, 6.07) is 15.0. The number of benzene rings is 3. The molecule has 3 aromatic rings. The lowest BCUT2D eigenvalue weighted by atomic mass is 9.87. The molecule has 34 heavy (non-hydrogen) atoms. The van der Waals surface area contributed by atoms with Gasteiger partial charge in [-0.3, -0.25) is 4.79 Å². The summed E-state index contributed by atoms with van der Waals surface area (Å²) in [5.74, 6) is 0.975. The number of amides is 1. The normalized spacial score (nSPS) is 15.5. The fourth-order valence-corrected chi connectivity index (χ4v) is 4.38. The van der Waals surface area contributed by atoms with Crippen LogP contribution in [0.1, 0.15) is 38.7 Å². The quantitative estimate of drug-likeness (QED) is 0.492. The van der Waals surface area contributed by atoms with Crippen LogP contribution in [-0.4, -0.2) is 38.7 Å². The Hall–Kier alpha value is -3.68. The lowest BCUT2D eigenvalue weighted by Gasteiger charge is -2.38. The molecule has 0 fully saturated rings. The first-order valence-electron chi connectivity index (χ1n) is 10.6. The van der Waals surface area contributed by atoms with E-state index in [1.807, 2.05) is 18.2 Å². The molecule has 5 nitrogen and oxygen atoms in total. The van der Waals surface area contributed by atoms with Crippen LogP contribution in [0.25, 0.3) is 0 Å². The van der Waals surface area contributed by atoms with E-state index in [0.717, 1.165) is 22.8 Å². The SMILES string of the molecule is COc1ccc(C2c3cc(OC)c(OC)cc3CCN2C(=O)c2ccccc2C(F)(F)F)cc1. The van der Waals surface area contributed by atoms with Gasteiger partial charge in [0.1, 0.15) is 5.75 Å². The Kier molecular flexibility index (Phi) is 6.41. The zero-order chi connectivity index (χ0) is 24.5. The first-order chi connectivity index (χ1) is 16.3. The van der Waals surface area contributed by atoms with Crippen molar-refractivity contribution < 1.29 is 32.2 Å². The van der Waals surface area contributed by atoms with Crippen molar-refractivity contribution in [3.8, 4) is 17.2 Å². The van der Waals surface area contributed by atoms with Crippen molar-refractivity contribution >= 4 is 5.91 Å². The van der Waals surface area contributed by atoms with Crippen molar-refractivity contribution in [2.45, 2.75) is 18.6 Å². The third kappa shape index (κ3) is 4.27. The molecule has 0 saturated heterocycles. The van der Waals surface area contributed by atoms with Crippen molar-refractivity contribution in [3.63, 3.8) is 0 Å². The molecule has 1 unspecified atom stereocenters. The van der Waals surface area contributed by atoms with E-state index in [2.05, 4.69) is 0 Å². The summed E-state index contributed by atoms with van der Waals surface area (Å²) in [6.45, 7) is 0.240. The second-order valence-corrected chi connectivity index (χ2v) is 7.87. The third-order valence-electron chi connectivity index (χ3n) is 6.03. The lowest BCUT2D eigenvalue weighted by molar-refractivity contribution is -0.138. The van der Waals surface area contributed by atoms with Gasteiger partial charge in [0, 0.05) is 6.54 Å². The highest BCUT2D eigenvalue weighted by molar-refractivity contribution is 5.96. The Morgan fingerprint density at radius 1 is 0.912 bits per heavy atom. The zero-order valence-electron chi connectivity index (χ0n) is 19.0. The van der Waals surface area contributed by atoms with Gasteiger partial charge in [-0.2, -0.15) is 13.2 Å². The van der Waals surface area contributed by atoms with Gasteiger partial charge in [-0.05, 0) is 59.5 Å². The molecule has 1 aliphatic rings. The number of rotatable bonds is 5. The first kappa shape index (κ1) is 23.5. The highest BCUT2D eigenvalue weighted by Gasteiger charge is 2.39. The summed E-state index contributed by atoms with van der Waals surface area (Å²) in [4.78, 5) is 15.1. The Labute approximate surface area is 195 Å².